The van der Waals surface area contributed by atoms with Gasteiger partial charge < -0.3 is 5.11 Å². The zero-order valence-electron chi connectivity index (χ0n) is 11.9. The van der Waals surface area contributed by atoms with E-state index in [0.29, 0.717) is 6.42 Å². The molecule has 0 saturated carbocycles. The van der Waals surface area contributed by atoms with Crippen LogP contribution in [0.5, 0.6) is 0 Å². The minimum absolute atomic E-state index is 0.00738. The number of fused-ring (bicyclic) bond motifs is 1. The molecule has 0 bridgehead atoms. The van der Waals surface area contributed by atoms with Gasteiger partial charge in [-0.3, -0.25) is 9.59 Å². The average molecular weight is 311 g/mol. The van der Waals surface area contributed by atoms with Gasteiger partial charge in [0.15, 0.2) is 0 Å². The van der Waals surface area contributed by atoms with Crippen molar-refractivity contribution in [1.82, 2.24) is 4.31 Å². The number of hydrogen-bond donors (Lipinski definition) is 1. The molecule has 1 aliphatic rings. The van der Waals surface area contributed by atoms with Gasteiger partial charge in [-0.2, -0.15) is 0 Å². The van der Waals surface area contributed by atoms with Gasteiger partial charge >= 0.3 is 5.97 Å². The fourth-order valence-electron chi connectivity index (χ4n) is 2.22. The molecule has 1 amide bonds. The first kappa shape index (κ1) is 15.5. The van der Waals surface area contributed by atoms with Crippen molar-refractivity contribution >= 4 is 21.9 Å². The van der Waals surface area contributed by atoms with E-state index in [4.69, 9.17) is 5.11 Å². The van der Waals surface area contributed by atoms with Crippen molar-refractivity contribution in [2.75, 3.05) is 6.54 Å². The van der Waals surface area contributed by atoms with E-state index < -0.39 is 27.3 Å². The Morgan fingerprint density at radius 1 is 1.29 bits per heavy atom. The second-order valence-corrected chi connectivity index (χ2v) is 7.50. The van der Waals surface area contributed by atoms with Crippen molar-refractivity contribution in [2.24, 2.45) is 5.41 Å². The molecule has 1 aliphatic heterocycles. The SMILES string of the molecule is CC(C)(CCCN1C(=O)c2ccccc2S1(=O)=O)C(=O)O. The lowest BCUT2D eigenvalue weighted by molar-refractivity contribution is -0.147. The van der Waals surface area contributed by atoms with Gasteiger partial charge in [-0.1, -0.05) is 12.1 Å². The Hall–Kier alpha value is -1.89. The number of amides is 1. The van der Waals surface area contributed by atoms with E-state index in [1.165, 1.54) is 12.1 Å². The highest BCUT2D eigenvalue weighted by molar-refractivity contribution is 7.90. The van der Waals surface area contributed by atoms with Crippen LogP contribution < -0.4 is 0 Å². The number of carbonyl (C=O) groups is 2. The van der Waals surface area contributed by atoms with Gasteiger partial charge in [0.05, 0.1) is 11.0 Å². The molecule has 2 rings (SSSR count). The van der Waals surface area contributed by atoms with E-state index in [0.717, 1.165) is 4.31 Å². The summed E-state index contributed by atoms with van der Waals surface area (Å²) in [5.74, 6) is -1.49. The summed E-state index contributed by atoms with van der Waals surface area (Å²) in [6.45, 7) is 3.14. The van der Waals surface area contributed by atoms with Crippen molar-refractivity contribution < 1.29 is 23.1 Å². The molecule has 21 heavy (non-hydrogen) atoms. The van der Waals surface area contributed by atoms with Crippen LogP contribution in [0, 0.1) is 5.41 Å². The minimum Gasteiger partial charge on any atom is -0.481 e. The van der Waals surface area contributed by atoms with Gasteiger partial charge in [-0.05, 0) is 38.8 Å². The minimum atomic E-state index is -3.80. The Bertz CT molecular complexity index is 693. The van der Waals surface area contributed by atoms with Crippen LogP contribution in [0.1, 0.15) is 37.0 Å². The van der Waals surface area contributed by atoms with E-state index >= 15 is 0 Å². The number of carboxylic acid groups (broad SMARTS) is 1. The summed E-state index contributed by atoms with van der Waals surface area (Å²) in [7, 11) is -3.80. The van der Waals surface area contributed by atoms with E-state index in [1.54, 1.807) is 26.0 Å². The highest BCUT2D eigenvalue weighted by Gasteiger charge is 2.40. The third kappa shape index (κ3) is 2.65. The molecule has 0 saturated heterocycles. The lowest BCUT2D eigenvalue weighted by Crippen LogP contribution is -2.32. The van der Waals surface area contributed by atoms with E-state index in [9.17, 15) is 18.0 Å². The fraction of sp³-hybridized carbons (Fsp3) is 0.429. The molecule has 0 aromatic heterocycles. The van der Waals surface area contributed by atoms with Gasteiger partial charge in [-0.25, -0.2) is 12.7 Å². The standard InChI is InChI=1S/C14H17NO5S/c1-14(2,13(17)18)8-5-9-15-12(16)10-6-3-4-7-11(10)21(15,19)20/h3-4,6-7H,5,8-9H2,1-2H3,(H,17,18). The van der Waals surface area contributed by atoms with Crippen LogP contribution in [0.15, 0.2) is 29.2 Å². The number of aliphatic carboxylic acids is 1. The number of rotatable bonds is 5. The fourth-order valence-corrected chi connectivity index (χ4v) is 3.83. The van der Waals surface area contributed by atoms with E-state index in [1.807, 2.05) is 0 Å². The topological polar surface area (TPSA) is 91.8 Å². The number of hydrogen-bond acceptors (Lipinski definition) is 4. The molecule has 1 heterocycles. The second-order valence-electron chi connectivity index (χ2n) is 5.67. The molecule has 7 heteroatoms. The van der Waals surface area contributed by atoms with Gasteiger partial charge in [0.1, 0.15) is 4.90 Å². The number of carbonyl (C=O) groups excluding carboxylic acids is 1. The van der Waals surface area contributed by atoms with Gasteiger partial charge in [-0.15, -0.1) is 0 Å². The Balaban J connectivity index is 2.13. The average Bonchev–Trinajstić information content (AvgIpc) is 2.60. The van der Waals surface area contributed by atoms with Crippen molar-refractivity contribution in [3.8, 4) is 0 Å². The number of sulfonamides is 1. The lowest BCUT2D eigenvalue weighted by atomic mass is 9.88. The smallest absolute Gasteiger partial charge is 0.309 e. The molecule has 1 aromatic rings. The maximum absolute atomic E-state index is 12.3. The molecular weight excluding hydrogens is 294 g/mol. The van der Waals surface area contributed by atoms with Crippen LogP contribution in [0.4, 0.5) is 0 Å². The molecule has 1 N–H and O–H groups in total. The monoisotopic (exact) mass is 311 g/mol. The predicted molar refractivity (Wildman–Crippen MR) is 75.3 cm³/mol. The summed E-state index contributed by atoms with van der Waals surface area (Å²) in [6, 6.07) is 6.07. The van der Waals surface area contributed by atoms with Crippen molar-refractivity contribution in [3.63, 3.8) is 0 Å². The number of carboxylic acids is 1. The Morgan fingerprint density at radius 3 is 2.48 bits per heavy atom. The molecule has 0 aliphatic carbocycles. The van der Waals surface area contributed by atoms with Gasteiger partial charge in [0.2, 0.25) is 0 Å². The molecule has 0 atom stereocenters. The van der Waals surface area contributed by atoms with Crippen molar-refractivity contribution in [3.05, 3.63) is 29.8 Å². The lowest BCUT2D eigenvalue weighted by Gasteiger charge is -2.21. The Kier molecular flexibility index (Phi) is 3.79. The summed E-state index contributed by atoms with van der Waals surface area (Å²) in [4.78, 5) is 23.2. The maximum Gasteiger partial charge on any atom is 0.309 e. The van der Waals surface area contributed by atoms with Crippen LogP contribution in [-0.4, -0.2) is 36.3 Å². The van der Waals surface area contributed by atoms with E-state index in [2.05, 4.69) is 0 Å². The van der Waals surface area contributed by atoms with Gasteiger partial charge in [0.25, 0.3) is 15.9 Å². The molecule has 0 fully saturated rings. The van der Waals surface area contributed by atoms with Crippen LogP contribution in [-0.2, 0) is 14.8 Å². The molecule has 1 aromatic carbocycles. The molecular formula is C14H17NO5S. The molecule has 0 spiro atoms. The van der Waals surface area contributed by atoms with Crippen LogP contribution >= 0.6 is 0 Å². The first-order valence-electron chi connectivity index (χ1n) is 6.57. The van der Waals surface area contributed by atoms with Crippen LogP contribution in [0.25, 0.3) is 0 Å². The Morgan fingerprint density at radius 2 is 1.90 bits per heavy atom. The van der Waals surface area contributed by atoms with E-state index in [-0.39, 0.29) is 23.4 Å². The molecule has 6 nitrogen and oxygen atoms in total. The summed E-state index contributed by atoms with van der Waals surface area (Å²) >= 11 is 0. The second kappa shape index (κ2) is 5.14. The highest BCUT2D eigenvalue weighted by atomic mass is 32.2. The van der Waals surface area contributed by atoms with Crippen LogP contribution in [0.3, 0.4) is 0 Å². The molecule has 0 unspecified atom stereocenters. The first-order valence-corrected chi connectivity index (χ1v) is 8.01. The first-order chi connectivity index (χ1) is 9.68. The summed E-state index contributed by atoms with van der Waals surface area (Å²) < 4.78 is 25.4. The summed E-state index contributed by atoms with van der Waals surface area (Å²) in [6.07, 6.45) is 0.593. The zero-order chi connectivity index (χ0) is 15.8. The van der Waals surface area contributed by atoms with Gasteiger partial charge in [0, 0.05) is 6.54 Å². The van der Waals surface area contributed by atoms with Crippen molar-refractivity contribution in [1.29, 1.82) is 0 Å². The zero-order valence-corrected chi connectivity index (χ0v) is 12.7. The third-order valence-electron chi connectivity index (χ3n) is 3.65. The third-order valence-corrected chi connectivity index (χ3v) is 5.49. The maximum atomic E-state index is 12.3. The summed E-state index contributed by atoms with van der Waals surface area (Å²) in [5, 5.41) is 9.03. The normalized spacial score (nSPS) is 16.9. The quantitative estimate of drug-likeness (QED) is 0.894. The molecule has 0 radical (unpaired) electrons. The molecule has 114 valence electrons. The number of nitrogens with zero attached hydrogens (tertiary/aromatic N) is 1. The Labute approximate surface area is 123 Å². The van der Waals surface area contributed by atoms with Crippen molar-refractivity contribution in [2.45, 2.75) is 31.6 Å². The number of benzene rings is 1. The highest BCUT2D eigenvalue weighted by Crippen LogP contribution is 2.31. The predicted octanol–water partition coefficient (Wildman–Crippen LogP) is 1.72. The van der Waals surface area contributed by atoms with Crippen LogP contribution in [0.2, 0.25) is 0 Å². The largest absolute Gasteiger partial charge is 0.481 e. The summed E-state index contributed by atoms with van der Waals surface area (Å²) in [5.41, 5.74) is -0.769.